The number of amides is 2. The molecule has 2 aliphatic rings. The number of carbonyl (C=O) groups excluding carboxylic acids is 2. The van der Waals surface area contributed by atoms with Gasteiger partial charge in [0.1, 0.15) is 30.5 Å². The van der Waals surface area contributed by atoms with Crippen molar-refractivity contribution in [1.82, 2.24) is 0 Å². The molecule has 2 aliphatic heterocycles. The van der Waals surface area contributed by atoms with E-state index in [4.69, 9.17) is 14.2 Å². The minimum atomic E-state index is -0.553. The minimum Gasteiger partial charge on any atom is -0.495 e. The number of ether oxygens (including phenoxy) is 3. The van der Waals surface area contributed by atoms with Crippen molar-refractivity contribution in [2.24, 2.45) is 0 Å². The first-order valence-corrected chi connectivity index (χ1v) is 10.7. The average molecular weight is 460 g/mol. The van der Waals surface area contributed by atoms with Gasteiger partial charge < -0.3 is 19.5 Å². The molecule has 0 spiro atoms. The van der Waals surface area contributed by atoms with Gasteiger partial charge >= 0.3 is 0 Å². The molecule has 5 rings (SSSR count). The van der Waals surface area contributed by atoms with Gasteiger partial charge in [-0.2, -0.15) is 0 Å². The van der Waals surface area contributed by atoms with Crippen molar-refractivity contribution in [1.29, 1.82) is 0 Å². The molecule has 3 aromatic rings. The van der Waals surface area contributed by atoms with Crippen LogP contribution in [0, 0.1) is 12.7 Å². The Hall–Kier alpha value is -4.33. The van der Waals surface area contributed by atoms with E-state index >= 15 is 0 Å². The third-order valence-electron chi connectivity index (χ3n) is 5.60. The van der Waals surface area contributed by atoms with Gasteiger partial charge in [0.05, 0.1) is 18.4 Å². The minimum absolute atomic E-state index is 0.0665. The maximum absolute atomic E-state index is 13.6. The predicted octanol–water partition coefficient (Wildman–Crippen LogP) is 4.31. The molecule has 2 heterocycles. The molecule has 0 saturated heterocycles. The van der Waals surface area contributed by atoms with E-state index in [1.165, 1.54) is 31.4 Å². The van der Waals surface area contributed by atoms with E-state index in [9.17, 15) is 14.0 Å². The molecule has 0 radical (unpaired) electrons. The molecule has 0 aliphatic carbocycles. The molecule has 0 unspecified atom stereocenters. The molecule has 34 heavy (non-hydrogen) atoms. The number of anilines is 2. The molecular weight excluding hydrogens is 439 g/mol. The van der Waals surface area contributed by atoms with E-state index in [1.54, 1.807) is 30.3 Å². The average Bonchev–Trinajstić information content (AvgIpc) is 3.08. The van der Waals surface area contributed by atoms with Gasteiger partial charge in [-0.3, -0.25) is 9.59 Å². The first-order valence-electron chi connectivity index (χ1n) is 10.7. The Balaban J connectivity index is 1.61. The summed E-state index contributed by atoms with van der Waals surface area (Å²) in [7, 11) is 1.47. The number of halogens is 1. The normalized spacial score (nSPS) is 15.1. The Labute approximate surface area is 195 Å². The lowest BCUT2D eigenvalue weighted by Gasteiger charge is -2.20. The fourth-order valence-electron chi connectivity index (χ4n) is 3.99. The number of imide groups is 1. The van der Waals surface area contributed by atoms with E-state index in [-0.39, 0.29) is 11.3 Å². The van der Waals surface area contributed by atoms with Crippen LogP contribution in [0.25, 0.3) is 5.57 Å². The number of hydrogen-bond donors (Lipinski definition) is 1. The summed E-state index contributed by atoms with van der Waals surface area (Å²) in [4.78, 5) is 28.3. The molecule has 1 N–H and O–H groups in total. The van der Waals surface area contributed by atoms with Crippen LogP contribution in [-0.2, 0) is 9.59 Å². The van der Waals surface area contributed by atoms with Crippen LogP contribution >= 0.6 is 0 Å². The Bertz CT molecular complexity index is 1330. The molecule has 7 nitrogen and oxygen atoms in total. The van der Waals surface area contributed by atoms with Crippen LogP contribution in [0.15, 0.2) is 66.4 Å². The Kier molecular flexibility index (Phi) is 5.41. The fourth-order valence-corrected chi connectivity index (χ4v) is 3.99. The van der Waals surface area contributed by atoms with Gasteiger partial charge in [-0.15, -0.1) is 0 Å². The fraction of sp³-hybridized carbons (Fsp3) is 0.154. The zero-order valence-electron chi connectivity index (χ0n) is 18.6. The van der Waals surface area contributed by atoms with Gasteiger partial charge in [0, 0.05) is 11.8 Å². The third-order valence-corrected chi connectivity index (χ3v) is 5.60. The smallest absolute Gasteiger partial charge is 0.282 e. The Morgan fingerprint density at radius 2 is 1.65 bits per heavy atom. The summed E-state index contributed by atoms with van der Waals surface area (Å²) >= 11 is 0. The van der Waals surface area contributed by atoms with Gasteiger partial charge in [0.2, 0.25) is 0 Å². The summed E-state index contributed by atoms with van der Waals surface area (Å²) < 4.78 is 30.2. The van der Waals surface area contributed by atoms with E-state index in [0.717, 1.165) is 10.5 Å². The summed E-state index contributed by atoms with van der Waals surface area (Å²) in [6.07, 6.45) is 0. The second kappa shape index (κ2) is 8.55. The summed E-state index contributed by atoms with van der Waals surface area (Å²) in [5.74, 6) is -0.0201. The topological polar surface area (TPSA) is 77.1 Å². The zero-order valence-corrected chi connectivity index (χ0v) is 18.6. The lowest BCUT2D eigenvalue weighted by Crippen LogP contribution is -2.32. The number of carbonyl (C=O) groups is 2. The summed E-state index contributed by atoms with van der Waals surface area (Å²) in [5.41, 5.74) is 2.33. The van der Waals surface area contributed by atoms with Crippen LogP contribution in [0.2, 0.25) is 0 Å². The van der Waals surface area contributed by atoms with Gasteiger partial charge in [-0.05, 0) is 54.4 Å². The van der Waals surface area contributed by atoms with Crippen LogP contribution in [0.3, 0.4) is 0 Å². The summed E-state index contributed by atoms with van der Waals surface area (Å²) in [6, 6.07) is 15.9. The van der Waals surface area contributed by atoms with Crippen LogP contribution < -0.4 is 24.4 Å². The van der Waals surface area contributed by atoms with Crippen molar-refractivity contribution in [3.8, 4) is 17.2 Å². The molecule has 0 atom stereocenters. The first kappa shape index (κ1) is 21.5. The quantitative estimate of drug-likeness (QED) is 0.572. The van der Waals surface area contributed by atoms with Crippen LogP contribution in [-0.4, -0.2) is 32.1 Å². The lowest BCUT2D eigenvalue weighted by molar-refractivity contribution is -0.120. The summed E-state index contributed by atoms with van der Waals surface area (Å²) in [6.45, 7) is 2.73. The number of methoxy groups -OCH3 is 1. The van der Waals surface area contributed by atoms with Gasteiger partial charge in [-0.1, -0.05) is 18.2 Å². The highest BCUT2D eigenvalue weighted by Gasteiger charge is 2.41. The maximum Gasteiger partial charge on any atom is 0.282 e. The second-order valence-electron chi connectivity index (χ2n) is 7.86. The number of benzene rings is 3. The highest BCUT2D eigenvalue weighted by atomic mass is 19.1. The maximum atomic E-state index is 13.6. The molecule has 0 saturated carbocycles. The number of rotatable bonds is 5. The predicted molar refractivity (Wildman–Crippen MR) is 125 cm³/mol. The van der Waals surface area contributed by atoms with E-state index < -0.39 is 17.6 Å². The van der Waals surface area contributed by atoms with Crippen LogP contribution in [0.1, 0.15) is 11.1 Å². The molecule has 0 aromatic heterocycles. The Morgan fingerprint density at radius 3 is 2.38 bits per heavy atom. The zero-order chi connectivity index (χ0) is 23.8. The van der Waals surface area contributed by atoms with Crippen LogP contribution in [0.4, 0.5) is 15.8 Å². The van der Waals surface area contributed by atoms with Crippen LogP contribution in [0.5, 0.6) is 17.2 Å². The van der Waals surface area contributed by atoms with E-state index in [2.05, 4.69) is 5.32 Å². The lowest BCUT2D eigenvalue weighted by atomic mass is 10.0. The number of nitrogens with one attached hydrogen (secondary N) is 1. The largest absolute Gasteiger partial charge is 0.495 e. The molecule has 172 valence electrons. The first-order chi connectivity index (χ1) is 16.5. The van der Waals surface area contributed by atoms with Crippen molar-refractivity contribution in [2.45, 2.75) is 6.92 Å². The van der Waals surface area contributed by atoms with Crippen molar-refractivity contribution in [2.75, 3.05) is 30.5 Å². The molecule has 0 bridgehead atoms. The SMILES string of the molecule is COc1ccc(C)cc1N1C(=O)C(Nc2ccc3c(c2)OCCO3)=C(c2ccc(F)cc2)C1=O. The van der Waals surface area contributed by atoms with Crippen molar-refractivity contribution < 1.29 is 28.2 Å². The van der Waals surface area contributed by atoms with Crippen molar-refractivity contribution >= 4 is 28.8 Å². The number of aryl methyl sites for hydroxylation is 1. The molecule has 8 heteroatoms. The van der Waals surface area contributed by atoms with E-state index in [0.29, 0.717) is 47.4 Å². The standard InChI is InChI=1S/C26H21FN2O5/c1-15-3-9-20(32-2)19(13-15)29-25(30)23(16-4-6-17(27)7-5-16)24(26(29)31)28-18-8-10-21-22(14-18)34-12-11-33-21/h3-10,13-14,28H,11-12H2,1-2H3. The molecular formula is C26H21FN2O5. The van der Waals surface area contributed by atoms with Crippen molar-refractivity contribution in [3.05, 3.63) is 83.3 Å². The Morgan fingerprint density at radius 1 is 0.912 bits per heavy atom. The second-order valence-corrected chi connectivity index (χ2v) is 7.86. The van der Waals surface area contributed by atoms with Crippen molar-refractivity contribution in [3.63, 3.8) is 0 Å². The van der Waals surface area contributed by atoms with Gasteiger partial charge in [0.15, 0.2) is 11.5 Å². The van der Waals surface area contributed by atoms with E-state index in [1.807, 2.05) is 13.0 Å². The molecule has 3 aromatic carbocycles. The number of nitrogens with zero attached hydrogens (tertiary/aromatic N) is 1. The highest BCUT2D eigenvalue weighted by Crippen LogP contribution is 2.39. The molecule has 2 amide bonds. The van der Waals surface area contributed by atoms with Gasteiger partial charge in [-0.25, -0.2) is 9.29 Å². The molecule has 0 fully saturated rings. The monoisotopic (exact) mass is 460 g/mol. The number of hydrogen-bond acceptors (Lipinski definition) is 6. The number of fused-ring (bicyclic) bond motifs is 1. The van der Waals surface area contributed by atoms with Gasteiger partial charge in [0.25, 0.3) is 11.8 Å². The highest BCUT2D eigenvalue weighted by molar-refractivity contribution is 6.46. The third kappa shape index (κ3) is 3.73. The summed E-state index contributed by atoms with van der Waals surface area (Å²) in [5, 5.41) is 3.08.